The Hall–Kier alpha value is -0.800. The molecule has 3 heteroatoms. The standard InChI is InChI=1S/C15H13Br2N/c16-10-12-9-13(17)5-6-15(12)18-8-7-11-3-1-2-4-14(11)18/h1-6,9H,7-8,10H2. The molecule has 2 aromatic carbocycles. The SMILES string of the molecule is BrCc1cc(Br)ccc1N1CCc2ccccc21. The maximum absolute atomic E-state index is 3.58. The minimum atomic E-state index is 0.875. The van der Waals surface area contributed by atoms with Crippen molar-refractivity contribution in [3.05, 3.63) is 58.1 Å². The fraction of sp³-hybridized carbons (Fsp3) is 0.200. The molecule has 1 aliphatic rings. The van der Waals surface area contributed by atoms with Gasteiger partial charge in [-0.15, -0.1) is 0 Å². The van der Waals surface area contributed by atoms with Crippen molar-refractivity contribution < 1.29 is 0 Å². The van der Waals surface area contributed by atoms with Crippen LogP contribution in [0.1, 0.15) is 11.1 Å². The van der Waals surface area contributed by atoms with Crippen LogP contribution < -0.4 is 4.90 Å². The predicted octanol–water partition coefficient (Wildman–Crippen LogP) is 5.04. The maximum atomic E-state index is 3.58. The first-order chi connectivity index (χ1) is 8.79. The lowest BCUT2D eigenvalue weighted by Gasteiger charge is -2.22. The number of para-hydroxylation sites is 1. The Balaban J connectivity index is 2.07. The van der Waals surface area contributed by atoms with Gasteiger partial charge in [0, 0.05) is 27.7 Å². The highest BCUT2D eigenvalue weighted by Gasteiger charge is 2.21. The summed E-state index contributed by atoms with van der Waals surface area (Å²) in [6.45, 7) is 1.07. The van der Waals surface area contributed by atoms with Crippen molar-refractivity contribution in [1.29, 1.82) is 0 Å². The van der Waals surface area contributed by atoms with Crippen molar-refractivity contribution in [3.63, 3.8) is 0 Å². The summed E-state index contributed by atoms with van der Waals surface area (Å²) in [5, 5.41) is 0.875. The van der Waals surface area contributed by atoms with Crippen LogP contribution in [0, 0.1) is 0 Å². The van der Waals surface area contributed by atoms with Crippen LogP contribution in [-0.4, -0.2) is 6.54 Å². The monoisotopic (exact) mass is 365 g/mol. The van der Waals surface area contributed by atoms with Gasteiger partial charge in [-0.3, -0.25) is 0 Å². The molecule has 2 aromatic rings. The van der Waals surface area contributed by atoms with Crippen molar-refractivity contribution in [1.82, 2.24) is 0 Å². The van der Waals surface area contributed by atoms with Crippen LogP contribution in [0.4, 0.5) is 11.4 Å². The van der Waals surface area contributed by atoms with Gasteiger partial charge in [0.15, 0.2) is 0 Å². The number of hydrogen-bond acceptors (Lipinski definition) is 1. The van der Waals surface area contributed by atoms with E-state index in [0.717, 1.165) is 22.8 Å². The summed E-state index contributed by atoms with van der Waals surface area (Å²) in [4.78, 5) is 2.42. The third kappa shape index (κ3) is 2.10. The van der Waals surface area contributed by atoms with Crippen LogP contribution >= 0.6 is 31.9 Å². The average molecular weight is 367 g/mol. The molecule has 0 N–H and O–H groups in total. The Morgan fingerprint density at radius 3 is 2.72 bits per heavy atom. The first kappa shape index (κ1) is 12.2. The smallest absolute Gasteiger partial charge is 0.0452 e. The van der Waals surface area contributed by atoms with E-state index in [1.807, 2.05) is 0 Å². The lowest BCUT2D eigenvalue weighted by Crippen LogP contribution is -2.14. The van der Waals surface area contributed by atoms with E-state index in [9.17, 15) is 0 Å². The first-order valence-corrected chi connectivity index (χ1v) is 7.91. The molecule has 0 radical (unpaired) electrons. The predicted molar refractivity (Wildman–Crippen MR) is 83.9 cm³/mol. The Kier molecular flexibility index (Phi) is 3.44. The topological polar surface area (TPSA) is 3.24 Å². The maximum Gasteiger partial charge on any atom is 0.0452 e. The van der Waals surface area contributed by atoms with Gasteiger partial charge >= 0.3 is 0 Å². The van der Waals surface area contributed by atoms with Gasteiger partial charge in [0.25, 0.3) is 0 Å². The number of benzene rings is 2. The number of halogens is 2. The number of alkyl halides is 1. The summed E-state index contributed by atoms with van der Waals surface area (Å²) in [6, 6.07) is 15.2. The number of fused-ring (bicyclic) bond motifs is 1. The molecule has 1 heterocycles. The van der Waals surface area contributed by atoms with E-state index in [1.54, 1.807) is 0 Å². The van der Waals surface area contributed by atoms with Crippen LogP contribution in [0.15, 0.2) is 46.9 Å². The van der Waals surface area contributed by atoms with Crippen LogP contribution in [-0.2, 0) is 11.8 Å². The molecule has 0 atom stereocenters. The van der Waals surface area contributed by atoms with Gasteiger partial charge in [0.2, 0.25) is 0 Å². The van der Waals surface area contributed by atoms with Gasteiger partial charge in [-0.2, -0.15) is 0 Å². The Labute approximate surface area is 124 Å². The summed E-state index contributed by atoms with van der Waals surface area (Å²) < 4.78 is 1.13. The highest BCUT2D eigenvalue weighted by atomic mass is 79.9. The molecule has 3 rings (SSSR count). The van der Waals surface area contributed by atoms with Crippen molar-refractivity contribution in [2.45, 2.75) is 11.8 Å². The quantitative estimate of drug-likeness (QED) is 0.673. The zero-order chi connectivity index (χ0) is 12.5. The van der Waals surface area contributed by atoms with Crippen LogP contribution in [0.2, 0.25) is 0 Å². The summed E-state index contributed by atoms with van der Waals surface area (Å²) in [6.07, 6.45) is 1.13. The first-order valence-electron chi connectivity index (χ1n) is 5.99. The average Bonchev–Trinajstić information content (AvgIpc) is 2.82. The Morgan fingerprint density at radius 2 is 1.89 bits per heavy atom. The molecule has 0 aromatic heterocycles. The molecule has 0 fully saturated rings. The van der Waals surface area contributed by atoms with Crippen LogP contribution in [0.25, 0.3) is 0 Å². The molecular weight excluding hydrogens is 354 g/mol. The van der Waals surface area contributed by atoms with E-state index in [1.165, 1.54) is 22.5 Å². The molecule has 1 aliphatic heterocycles. The second-order valence-electron chi connectivity index (χ2n) is 4.44. The molecule has 0 unspecified atom stereocenters. The molecule has 18 heavy (non-hydrogen) atoms. The lowest BCUT2D eigenvalue weighted by molar-refractivity contribution is 0.992. The Bertz CT molecular complexity index is 580. The van der Waals surface area contributed by atoms with Crippen molar-refractivity contribution >= 4 is 43.2 Å². The van der Waals surface area contributed by atoms with Gasteiger partial charge in [0.1, 0.15) is 0 Å². The summed E-state index contributed by atoms with van der Waals surface area (Å²) in [7, 11) is 0. The van der Waals surface area contributed by atoms with E-state index < -0.39 is 0 Å². The second kappa shape index (κ2) is 5.06. The third-order valence-electron chi connectivity index (χ3n) is 3.36. The number of rotatable bonds is 2. The number of anilines is 2. The van der Waals surface area contributed by atoms with E-state index in [2.05, 4.69) is 79.2 Å². The molecule has 0 spiro atoms. The Morgan fingerprint density at radius 1 is 1.06 bits per heavy atom. The number of hydrogen-bond donors (Lipinski definition) is 0. The lowest BCUT2D eigenvalue weighted by atomic mass is 10.1. The zero-order valence-corrected chi connectivity index (χ0v) is 13.0. The van der Waals surface area contributed by atoms with E-state index >= 15 is 0 Å². The zero-order valence-electron chi connectivity index (χ0n) is 9.87. The molecule has 92 valence electrons. The van der Waals surface area contributed by atoms with Crippen LogP contribution in [0.5, 0.6) is 0 Å². The van der Waals surface area contributed by atoms with E-state index in [-0.39, 0.29) is 0 Å². The third-order valence-corrected chi connectivity index (χ3v) is 4.46. The molecule has 0 saturated heterocycles. The molecular formula is C15H13Br2N. The minimum Gasteiger partial charge on any atom is -0.341 e. The van der Waals surface area contributed by atoms with Crippen molar-refractivity contribution in [3.8, 4) is 0 Å². The fourth-order valence-electron chi connectivity index (χ4n) is 2.51. The molecule has 0 amide bonds. The summed E-state index contributed by atoms with van der Waals surface area (Å²) in [5.41, 5.74) is 5.42. The number of nitrogens with zero attached hydrogens (tertiary/aromatic N) is 1. The molecule has 0 aliphatic carbocycles. The summed E-state index contributed by atoms with van der Waals surface area (Å²) in [5.74, 6) is 0. The van der Waals surface area contributed by atoms with Crippen molar-refractivity contribution in [2.24, 2.45) is 0 Å². The van der Waals surface area contributed by atoms with Gasteiger partial charge < -0.3 is 4.90 Å². The highest BCUT2D eigenvalue weighted by Crippen LogP contribution is 2.37. The van der Waals surface area contributed by atoms with Gasteiger partial charge in [0.05, 0.1) is 0 Å². The van der Waals surface area contributed by atoms with E-state index in [0.29, 0.717) is 0 Å². The normalized spacial score (nSPS) is 13.8. The van der Waals surface area contributed by atoms with Crippen LogP contribution in [0.3, 0.4) is 0 Å². The molecule has 0 saturated carbocycles. The van der Waals surface area contributed by atoms with E-state index in [4.69, 9.17) is 0 Å². The molecule has 1 nitrogen and oxygen atoms in total. The van der Waals surface area contributed by atoms with Crippen molar-refractivity contribution in [2.75, 3.05) is 11.4 Å². The van der Waals surface area contributed by atoms with Gasteiger partial charge in [-0.25, -0.2) is 0 Å². The minimum absolute atomic E-state index is 0.875. The summed E-state index contributed by atoms with van der Waals surface area (Å²) >= 11 is 7.12. The van der Waals surface area contributed by atoms with Gasteiger partial charge in [-0.05, 0) is 41.8 Å². The highest BCUT2D eigenvalue weighted by molar-refractivity contribution is 9.10. The second-order valence-corrected chi connectivity index (χ2v) is 5.91. The largest absolute Gasteiger partial charge is 0.341 e. The molecule has 0 bridgehead atoms. The van der Waals surface area contributed by atoms with Gasteiger partial charge in [-0.1, -0.05) is 50.1 Å². The fourth-order valence-corrected chi connectivity index (χ4v) is 3.37.